The van der Waals surface area contributed by atoms with Gasteiger partial charge in [-0.3, -0.25) is 4.79 Å². The van der Waals surface area contributed by atoms with Gasteiger partial charge in [0.25, 0.3) is 0 Å². The molecular formula is C29H53NO3. The summed E-state index contributed by atoms with van der Waals surface area (Å²) >= 11 is 0. The van der Waals surface area contributed by atoms with E-state index in [9.17, 15) is 15.0 Å². The molecule has 0 aromatic heterocycles. The van der Waals surface area contributed by atoms with E-state index in [4.69, 9.17) is 0 Å². The van der Waals surface area contributed by atoms with E-state index < -0.39 is 12.1 Å². The number of aliphatic hydroxyl groups is 2. The predicted octanol–water partition coefficient (Wildman–Crippen LogP) is 7.16. The van der Waals surface area contributed by atoms with Crippen LogP contribution in [0, 0.1) is 0 Å². The summed E-state index contributed by atoms with van der Waals surface area (Å²) in [5.41, 5.74) is 0. The highest BCUT2D eigenvalue weighted by molar-refractivity contribution is 5.76. The molecule has 0 aromatic carbocycles. The summed E-state index contributed by atoms with van der Waals surface area (Å²) in [6.07, 6.45) is 30.7. The van der Waals surface area contributed by atoms with Gasteiger partial charge in [-0.05, 0) is 38.5 Å². The Labute approximate surface area is 204 Å². The van der Waals surface area contributed by atoms with E-state index in [1.54, 1.807) is 6.08 Å². The molecule has 0 saturated heterocycles. The molecule has 3 N–H and O–H groups in total. The number of rotatable bonds is 23. The van der Waals surface area contributed by atoms with Gasteiger partial charge in [-0.15, -0.1) is 0 Å². The first-order valence-corrected chi connectivity index (χ1v) is 13.7. The zero-order valence-electron chi connectivity index (χ0n) is 21.6. The third kappa shape index (κ3) is 22.2. The van der Waals surface area contributed by atoms with Gasteiger partial charge in [0.05, 0.1) is 18.8 Å². The minimum atomic E-state index is -0.862. The Morgan fingerprint density at radius 2 is 1.18 bits per heavy atom. The molecule has 0 radical (unpaired) electrons. The first-order chi connectivity index (χ1) is 16.2. The van der Waals surface area contributed by atoms with Crippen LogP contribution in [-0.2, 0) is 4.79 Å². The lowest BCUT2D eigenvalue weighted by molar-refractivity contribution is -0.123. The number of nitrogens with one attached hydrogen (secondary N) is 1. The lowest BCUT2D eigenvalue weighted by Crippen LogP contribution is -2.45. The fourth-order valence-electron chi connectivity index (χ4n) is 3.66. The summed E-state index contributed by atoms with van der Waals surface area (Å²) in [4.78, 5) is 12.1. The quantitative estimate of drug-likeness (QED) is 0.111. The maximum Gasteiger partial charge on any atom is 0.220 e. The third-order valence-corrected chi connectivity index (χ3v) is 5.85. The van der Waals surface area contributed by atoms with Crippen molar-refractivity contribution in [1.82, 2.24) is 5.32 Å². The molecule has 0 fully saturated rings. The molecule has 4 heteroatoms. The van der Waals surface area contributed by atoms with Crippen LogP contribution in [0.5, 0.6) is 0 Å². The van der Waals surface area contributed by atoms with Crippen LogP contribution in [-0.4, -0.2) is 34.9 Å². The molecule has 0 rings (SSSR count). The Bertz CT molecular complexity index is 513. The lowest BCUT2D eigenvalue weighted by Gasteiger charge is -2.19. The number of hydrogen-bond acceptors (Lipinski definition) is 3. The number of aliphatic hydroxyl groups excluding tert-OH is 2. The van der Waals surface area contributed by atoms with Gasteiger partial charge in [-0.2, -0.15) is 0 Å². The normalized spacial score (nSPS) is 13.9. The number of hydrogen-bond donors (Lipinski definition) is 3. The smallest absolute Gasteiger partial charge is 0.220 e. The zero-order valence-corrected chi connectivity index (χ0v) is 21.6. The second-order valence-corrected chi connectivity index (χ2v) is 9.09. The Balaban J connectivity index is 3.84. The molecule has 2 atom stereocenters. The number of amides is 1. The highest BCUT2D eigenvalue weighted by atomic mass is 16.3. The van der Waals surface area contributed by atoms with Crippen molar-refractivity contribution >= 4 is 5.91 Å². The molecule has 0 saturated carbocycles. The molecule has 4 nitrogen and oxygen atoms in total. The van der Waals surface area contributed by atoms with E-state index in [0.717, 1.165) is 38.5 Å². The van der Waals surface area contributed by atoms with Crippen LogP contribution >= 0.6 is 0 Å². The number of carbonyl (C=O) groups excluding carboxylic acids is 1. The summed E-state index contributed by atoms with van der Waals surface area (Å²) in [7, 11) is 0. The van der Waals surface area contributed by atoms with E-state index in [-0.39, 0.29) is 12.5 Å². The molecule has 33 heavy (non-hydrogen) atoms. The van der Waals surface area contributed by atoms with Crippen molar-refractivity contribution in [3.05, 3.63) is 36.5 Å². The van der Waals surface area contributed by atoms with Crippen LogP contribution in [0.2, 0.25) is 0 Å². The lowest BCUT2D eigenvalue weighted by atomic mass is 10.1. The number of allylic oxidation sites excluding steroid dienone is 5. The first kappa shape index (κ1) is 31.6. The third-order valence-electron chi connectivity index (χ3n) is 5.85. The molecule has 0 spiro atoms. The fraction of sp³-hybridized carbons (Fsp3) is 0.759. The molecule has 0 heterocycles. The van der Waals surface area contributed by atoms with Crippen molar-refractivity contribution in [2.45, 2.75) is 135 Å². The molecule has 192 valence electrons. The van der Waals surface area contributed by atoms with Gasteiger partial charge < -0.3 is 15.5 Å². The van der Waals surface area contributed by atoms with Gasteiger partial charge in [-0.1, -0.05) is 115 Å². The van der Waals surface area contributed by atoms with Gasteiger partial charge in [-0.25, -0.2) is 0 Å². The molecule has 0 bridgehead atoms. The van der Waals surface area contributed by atoms with Gasteiger partial charge in [0, 0.05) is 6.42 Å². The topological polar surface area (TPSA) is 69.6 Å². The monoisotopic (exact) mass is 463 g/mol. The van der Waals surface area contributed by atoms with Crippen LogP contribution in [0.1, 0.15) is 123 Å². The van der Waals surface area contributed by atoms with Crippen molar-refractivity contribution in [2.75, 3.05) is 6.61 Å². The Kier molecular flexibility index (Phi) is 24.2. The average Bonchev–Trinajstić information content (AvgIpc) is 2.82. The molecule has 0 aliphatic heterocycles. The minimum Gasteiger partial charge on any atom is -0.394 e. The summed E-state index contributed by atoms with van der Waals surface area (Å²) < 4.78 is 0. The van der Waals surface area contributed by atoms with E-state index in [0.29, 0.717) is 6.42 Å². The maximum atomic E-state index is 12.1. The van der Waals surface area contributed by atoms with E-state index >= 15 is 0 Å². The molecule has 0 aromatic rings. The Hall–Kier alpha value is -1.39. The molecular weight excluding hydrogens is 410 g/mol. The van der Waals surface area contributed by atoms with Gasteiger partial charge in [0.15, 0.2) is 0 Å². The van der Waals surface area contributed by atoms with Crippen LogP contribution in [0.25, 0.3) is 0 Å². The molecule has 1 amide bonds. The molecule has 0 aliphatic rings. The largest absolute Gasteiger partial charge is 0.394 e. The summed E-state index contributed by atoms with van der Waals surface area (Å²) in [5, 5.41) is 22.6. The fourth-order valence-corrected chi connectivity index (χ4v) is 3.66. The highest BCUT2D eigenvalue weighted by Crippen LogP contribution is 2.10. The van der Waals surface area contributed by atoms with E-state index in [1.165, 1.54) is 64.2 Å². The van der Waals surface area contributed by atoms with Crippen LogP contribution in [0.15, 0.2) is 36.5 Å². The standard InChI is InChI=1S/C29H53NO3/c1-3-5-7-9-11-13-14-15-17-18-20-22-24-28(32)27(26-31)30-29(33)25-23-21-19-16-12-10-8-6-4-2/h9,11,15,17,22,24,27-28,31-32H,3-8,10,12-14,16,18-21,23,25-26H2,1-2H3,(H,30,33)/b11-9+,17-15+,24-22+. The SMILES string of the molecule is CCCC/C=C/CC/C=C/CC/C=C/C(O)C(CO)NC(=O)CCCCCCCCCCC. The van der Waals surface area contributed by atoms with Crippen molar-refractivity contribution < 1.29 is 15.0 Å². The number of unbranched alkanes of at least 4 members (excludes halogenated alkanes) is 12. The average molecular weight is 464 g/mol. The van der Waals surface area contributed by atoms with Crippen LogP contribution in [0.3, 0.4) is 0 Å². The second kappa shape index (κ2) is 25.2. The summed E-state index contributed by atoms with van der Waals surface area (Å²) in [6.45, 7) is 4.18. The van der Waals surface area contributed by atoms with Crippen molar-refractivity contribution in [3.63, 3.8) is 0 Å². The predicted molar refractivity (Wildman–Crippen MR) is 142 cm³/mol. The second-order valence-electron chi connectivity index (χ2n) is 9.09. The van der Waals surface area contributed by atoms with Crippen molar-refractivity contribution in [3.8, 4) is 0 Å². The summed E-state index contributed by atoms with van der Waals surface area (Å²) in [6, 6.07) is -0.637. The van der Waals surface area contributed by atoms with Gasteiger partial charge in [0.1, 0.15) is 0 Å². The highest BCUT2D eigenvalue weighted by Gasteiger charge is 2.17. The number of carbonyl (C=O) groups is 1. The minimum absolute atomic E-state index is 0.0869. The van der Waals surface area contributed by atoms with Crippen LogP contribution in [0.4, 0.5) is 0 Å². The molecule has 0 aliphatic carbocycles. The van der Waals surface area contributed by atoms with Gasteiger partial charge >= 0.3 is 0 Å². The van der Waals surface area contributed by atoms with Gasteiger partial charge in [0.2, 0.25) is 5.91 Å². The van der Waals surface area contributed by atoms with Crippen molar-refractivity contribution in [2.24, 2.45) is 0 Å². The van der Waals surface area contributed by atoms with E-state index in [1.807, 2.05) is 6.08 Å². The maximum absolute atomic E-state index is 12.1. The first-order valence-electron chi connectivity index (χ1n) is 13.7. The van der Waals surface area contributed by atoms with E-state index in [2.05, 4.69) is 43.5 Å². The zero-order chi connectivity index (χ0) is 24.4. The van der Waals surface area contributed by atoms with Crippen LogP contribution < -0.4 is 5.32 Å². The molecule has 2 unspecified atom stereocenters. The van der Waals surface area contributed by atoms with Crippen molar-refractivity contribution in [1.29, 1.82) is 0 Å². The summed E-state index contributed by atoms with van der Waals surface area (Å²) in [5.74, 6) is -0.0869. The Morgan fingerprint density at radius 1 is 0.697 bits per heavy atom. The Morgan fingerprint density at radius 3 is 1.73 bits per heavy atom.